The van der Waals surface area contributed by atoms with Gasteiger partial charge < -0.3 is 4.57 Å². The van der Waals surface area contributed by atoms with Gasteiger partial charge in [0.25, 0.3) is 5.69 Å². The van der Waals surface area contributed by atoms with Crippen molar-refractivity contribution in [2.75, 3.05) is 0 Å². The maximum absolute atomic E-state index is 11.0. The Labute approximate surface area is 116 Å². The van der Waals surface area contributed by atoms with Crippen molar-refractivity contribution in [1.29, 1.82) is 0 Å². The zero-order valence-corrected chi connectivity index (χ0v) is 10.9. The SMILES string of the molecule is O=[N+]([O-])c1cccc2c1ccn2CCc1ccccc1. The summed E-state index contributed by atoms with van der Waals surface area (Å²) in [6.07, 6.45) is 2.83. The molecule has 0 radical (unpaired) electrons. The summed E-state index contributed by atoms with van der Waals surface area (Å²) in [4.78, 5) is 10.7. The van der Waals surface area contributed by atoms with Crippen LogP contribution in [0.25, 0.3) is 10.9 Å². The zero-order chi connectivity index (χ0) is 13.9. The van der Waals surface area contributed by atoms with E-state index in [-0.39, 0.29) is 10.6 Å². The Balaban J connectivity index is 1.90. The molecule has 0 amide bonds. The van der Waals surface area contributed by atoms with Crippen molar-refractivity contribution < 1.29 is 4.92 Å². The van der Waals surface area contributed by atoms with Gasteiger partial charge in [-0.25, -0.2) is 0 Å². The van der Waals surface area contributed by atoms with Gasteiger partial charge in [0, 0.05) is 18.8 Å². The average molecular weight is 266 g/mol. The molecule has 4 heteroatoms. The smallest absolute Gasteiger partial charge is 0.278 e. The van der Waals surface area contributed by atoms with Crippen LogP contribution >= 0.6 is 0 Å². The third kappa shape index (κ3) is 2.28. The number of aryl methyl sites for hydroxylation is 2. The maximum Gasteiger partial charge on any atom is 0.278 e. The van der Waals surface area contributed by atoms with Gasteiger partial charge in [-0.15, -0.1) is 0 Å². The Hall–Kier alpha value is -2.62. The first-order valence-electron chi connectivity index (χ1n) is 6.52. The highest BCUT2D eigenvalue weighted by Gasteiger charge is 2.13. The molecule has 0 N–H and O–H groups in total. The Morgan fingerprint density at radius 2 is 1.80 bits per heavy atom. The molecule has 3 aromatic rings. The van der Waals surface area contributed by atoms with Crippen LogP contribution in [-0.2, 0) is 13.0 Å². The fourth-order valence-corrected chi connectivity index (χ4v) is 2.46. The Morgan fingerprint density at radius 1 is 1.00 bits per heavy atom. The molecule has 4 nitrogen and oxygen atoms in total. The first-order chi connectivity index (χ1) is 9.75. The lowest BCUT2D eigenvalue weighted by atomic mass is 10.1. The van der Waals surface area contributed by atoms with Gasteiger partial charge in [-0.1, -0.05) is 36.4 Å². The van der Waals surface area contributed by atoms with Crippen LogP contribution in [0.1, 0.15) is 5.56 Å². The predicted octanol–water partition coefficient (Wildman–Crippen LogP) is 3.79. The average Bonchev–Trinajstić information content (AvgIpc) is 2.89. The normalized spacial score (nSPS) is 10.8. The first kappa shape index (κ1) is 12.4. The lowest BCUT2D eigenvalue weighted by Crippen LogP contribution is -1.99. The van der Waals surface area contributed by atoms with Crippen molar-refractivity contribution in [1.82, 2.24) is 4.57 Å². The second-order valence-electron chi connectivity index (χ2n) is 4.71. The summed E-state index contributed by atoms with van der Waals surface area (Å²) in [5, 5.41) is 11.7. The molecule has 0 unspecified atom stereocenters. The van der Waals surface area contributed by atoms with Crippen molar-refractivity contribution in [3.05, 3.63) is 76.5 Å². The first-order valence-corrected chi connectivity index (χ1v) is 6.52. The van der Waals surface area contributed by atoms with E-state index in [0.717, 1.165) is 18.5 Å². The van der Waals surface area contributed by atoms with Gasteiger partial charge in [-0.05, 0) is 24.1 Å². The van der Waals surface area contributed by atoms with Crippen LogP contribution in [-0.4, -0.2) is 9.49 Å². The highest BCUT2D eigenvalue weighted by atomic mass is 16.6. The van der Waals surface area contributed by atoms with Crippen LogP contribution in [0.4, 0.5) is 5.69 Å². The molecule has 0 saturated heterocycles. The fourth-order valence-electron chi connectivity index (χ4n) is 2.46. The van der Waals surface area contributed by atoms with E-state index in [9.17, 15) is 10.1 Å². The van der Waals surface area contributed by atoms with Crippen LogP contribution < -0.4 is 0 Å². The predicted molar refractivity (Wildman–Crippen MR) is 78.7 cm³/mol. The molecule has 100 valence electrons. The standard InChI is InChI=1S/C16H14N2O2/c19-18(20)16-8-4-7-15-14(16)10-12-17(15)11-9-13-5-2-1-3-6-13/h1-8,10,12H,9,11H2. The Kier molecular flexibility index (Phi) is 3.21. The molecule has 0 aliphatic carbocycles. The number of aromatic nitrogens is 1. The third-order valence-corrected chi connectivity index (χ3v) is 3.47. The number of benzene rings is 2. The molecular formula is C16H14N2O2. The number of nitro benzene ring substituents is 1. The molecule has 0 saturated carbocycles. The van der Waals surface area contributed by atoms with Gasteiger partial charge in [0.05, 0.1) is 15.8 Å². The van der Waals surface area contributed by atoms with Gasteiger partial charge in [0.2, 0.25) is 0 Å². The number of hydrogen-bond acceptors (Lipinski definition) is 2. The van der Waals surface area contributed by atoms with Gasteiger partial charge in [-0.3, -0.25) is 10.1 Å². The molecule has 0 aliphatic heterocycles. The third-order valence-electron chi connectivity index (χ3n) is 3.47. The number of fused-ring (bicyclic) bond motifs is 1. The number of hydrogen-bond donors (Lipinski definition) is 0. The van der Waals surface area contributed by atoms with Crippen molar-refractivity contribution >= 4 is 16.6 Å². The van der Waals surface area contributed by atoms with E-state index < -0.39 is 0 Å². The van der Waals surface area contributed by atoms with Gasteiger partial charge >= 0.3 is 0 Å². The van der Waals surface area contributed by atoms with Crippen LogP contribution in [0.5, 0.6) is 0 Å². The Bertz CT molecular complexity index is 748. The lowest BCUT2D eigenvalue weighted by Gasteiger charge is -2.05. The monoisotopic (exact) mass is 266 g/mol. The maximum atomic E-state index is 11.0. The highest BCUT2D eigenvalue weighted by molar-refractivity contribution is 5.89. The lowest BCUT2D eigenvalue weighted by molar-refractivity contribution is -0.383. The van der Waals surface area contributed by atoms with Crippen LogP contribution in [0.3, 0.4) is 0 Å². The molecule has 0 aliphatic rings. The van der Waals surface area contributed by atoms with E-state index in [1.165, 1.54) is 5.56 Å². The molecule has 20 heavy (non-hydrogen) atoms. The minimum atomic E-state index is -0.329. The molecular weight excluding hydrogens is 252 g/mol. The van der Waals surface area contributed by atoms with E-state index >= 15 is 0 Å². The fraction of sp³-hybridized carbons (Fsp3) is 0.125. The van der Waals surface area contributed by atoms with E-state index in [4.69, 9.17) is 0 Å². The van der Waals surface area contributed by atoms with E-state index in [2.05, 4.69) is 16.7 Å². The van der Waals surface area contributed by atoms with Crippen molar-refractivity contribution in [3.63, 3.8) is 0 Å². The molecule has 3 rings (SSSR count). The van der Waals surface area contributed by atoms with E-state index in [0.29, 0.717) is 5.39 Å². The van der Waals surface area contributed by atoms with Crippen LogP contribution in [0.2, 0.25) is 0 Å². The van der Waals surface area contributed by atoms with Crippen LogP contribution in [0.15, 0.2) is 60.8 Å². The second-order valence-corrected chi connectivity index (χ2v) is 4.71. The molecule has 1 aromatic heterocycles. The molecule has 0 bridgehead atoms. The number of nitro groups is 1. The summed E-state index contributed by atoms with van der Waals surface area (Å²) in [7, 11) is 0. The second kappa shape index (κ2) is 5.17. The van der Waals surface area contributed by atoms with Crippen molar-refractivity contribution in [2.24, 2.45) is 0 Å². The summed E-state index contributed by atoms with van der Waals surface area (Å²) >= 11 is 0. The van der Waals surface area contributed by atoms with E-state index in [1.54, 1.807) is 12.1 Å². The highest BCUT2D eigenvalue weighted by Crippen LogP contribution is 2.26. The number of nitrogens with zero attached hydrogens (tertiary/aromatic N) is 2. The van der Waals surface area contributed by atoms with Gasteiger partial charge in [0.1, 0.15) is 0 Å². The molecule has 0 atom stereocenters. The van der Waals surface area contributed by atoms with Crippen molar-refractivity contribution in [2.45, 2.75) is 13.0 Å². The summed E-state index contributed by atoms with van der Waals surface area (Å²) in [5.41, 5.74) is 2.34. The number of non-ortho nitro benzene ring substituents is 1. The van der Waals surface area contributed by atoms with Gasteiger partial charge in [0.15, 0.2) is 0 Å². The quantitative estimate of drug-likeness (QED) is 0.532. The van der Waals surface area contributed by atoms with Crippen LogP contribution in [0, 0.1) is 10.1 Å². The largest absolute Gasteiger partial charge is 0.347 e. The van der Waals surface area contributed by atoms with E-state index in [1.807, 2.05) is 36.5 Å². The van der Waals surface area contributed by atoms with Crippen molar-refractivity contribution in [3.8, 4) is 0 Å². The minimum Gasteiger partial charge on any atom is -0.347 e. The molecule has 1 heterocycles. The molecule has 0 fully saturated rings. The zero-order valence-electron chi connectivity index (χ0n) is 10.9. The molecule has 0 spiro atoms. The topological polar surface area (TPSA) is 48.1 Å². The summed E-state index contributed by atoms with van der Waals surface area (Å²) in [6, 6.07) is 17.2. The molecule has 2 aromatic carbocycles. The van der Waals surface area contributed by atoms with Gasteiger partial charge in [-0.2, -0.15) is 0 Å². The Morgan fingerprint density at radius 3 is 2.55 bits per heavy atom. The number of rotatable bonds is 4. The summed E-state index contributed by atoms with van der Waals surface area (Å²) in [6.45, 7) is 0.814. The summed E-state index contributed by atoms with van der Waals surface area (Å²) < 4.78 is 2.06. The minimum absolute atomic E-state index is 0.168. The summed E-state index contributed by atoms with van der Waals surface area (Å²) in [5.74, 6) is 0.